The minimum absolute atomic E-state index is 0.0391. The topological polar surface area (TPSA) is 55.1 Å². The molecule has 1 unspecified atom stereocenters. The van der Waals surface area contributed by atoms with Crippen LogP contribution in [0.2, 0.25) is 0 Å². The lowest BCUT2D eigenvalue weighted by molar-refractivity contribution is -0.137. The zero-order chi connectivity index (χ0) is 14.9. The van der Waals surface area contributed by atoms with E-state index >= 15 is 0 Å². The Hall–Kier alpha value is -1.08. The molecular formula is C13H14BrF3N2O. The molecule has 1 fully saturated rings. The molecule has 2 rings (SSSR count). The van der Waals surface area contributed by atoms with Gasteiger partial charge in [0.2, 0.25) is 0 Å². The van der Waals surface area contributed by atoms with Gasteiger partial charge in [0.1, 0.15) is 0 Å². The highest BCUT2D eigenvalue weighted by Gasteiger charge is 2.32. The summed E-state index contributed by atoms with van der Waals surface area (Å²) in [5, 5.41) is 2.58. The van der Waals surface area contributed by atoms with Crippen molar-refractivity contribution in [3.8, 4) is 0 Å². The molecule has 1 saturated carbocycles. The van der Waals surface area contributed by atoms with Gasteiger partial charge in [0.15, 0.2) is 0 Å². The van der Waals surface area contributed by atoms with Crippen LogP contribution >= 0.6 is 15.9 Å². The summed E-state index contributed by atoms with van der Waals surface area (Å²) in [6, 6.07) is 2.85. The van der Waals surface area contributed by atoms with Gasteiger partial charge in [0.05, 0.1) is 11.1 Å². The van der Waals surface area contributed by atoms with Crippen LogP contribution in [0.4, 0.5) is 13.2 Å². The quantitative estimate of drug-likeness (QED) is 0.877. The van der Waals surface area contributed by atoms with Gasteiger partial charge in [-0.1, -0.05) is 0 Å². The molecule has 0 aliphatic heterocycles. The Kier molecular flexibility index (Phi) is 4.39. The van der Waals surface area contributed by atoms with Crippen molar-refractivity contribution in [1.29, 1.82) is 0 Å². The van der Waals surface area contributed by atoms with Crippen LogP contribution < -0.4 is 11.1 Å². The first-order valence-corrected chi connectivity index (χ1v) is 6.99. The number of halogens is 4. The van der Waals surface area contributed by atoms with Gasteiger partial charge in [-0.3, -0.25) is 4.79 Å². The van der Waals surface area contributed by atoms with Gasteiger partial charge in [-0.25, -0.2) is 0 Å². The number of hydrogen-bond acceptors (Lipinski definition) is 2. The number of nitrogens with one attached hydrogen (secondary N) is 1. The minimum atomic E-state index is -4.47. The summed E-state index contributed by atoms with van der Waals surface area (Å²) in [6.45, 7) is 0.270. The first kappa shape index (κ1) is 15.3. The summed E-state index contributed by atoms with van der Waals surface area (Å²) in [7, 11) is 0. The highest BCUT2D eigenvalue weighted by Crippen LogP contribution is 2.32. The normalized spacial score (nSPS) is 16.9. The lowest BCUT2D eigenvalue weighted by atomic mass is 10.1. The molecule has 3 N–H and O–H groups in total. The molecule has 7 heteroatoms. The zero-order valence-electron chi connectivity index (χ0n) is 10.5. The van der Waals surface area contributed by atoms with E-state index in [9.17, 15) is 18.0 Å². The molecule has 0 bridgehead atoms. The maximum absolute atomic E-state index is 12.6. The molecule has 1 aliphatic rings. The fourth-order valence-corrected chi connectivity index (χ4v) is 2.30. The molecule has 0 aromatic heterocycles. The van der Waals surface area contributed by atoms with Crippen LogP contribution in [-0.4, -0.2) is 18.5 Å². The molecule has 0 saturated heterocycles. The van der Waals surface area contributed by atoms with E-state index in [0.29, 0.717) is 10.4 Å². The van der Waals surface area contributed by atoms with Crippen LogP contribution in [0, 0.1) is 5.92 Å². The lowest BCUT2D eigenvalue weighted by Crippen LogP contribution is -2.38. The molecular weight excluding hydrogens is 337 g/mol. The van der Waals surface area contributed by atoms with Gasteiger partial charge >= 0.3 is 6.18 Å². The van der Waals surface area contributed by atoms with E-state index in [-0.39, 0.29) is 18.2 Å². The average molecular weight is 351 g/mol. The highest BCUT2D eigenvalue weighted by atomic mass is 79.9. The second-order valence-corrected chi connectivity index (χ2v) is 5.76. The number of alkyl halides is 3. The first-order valence-electron chi connectivity index (χ1n) is 6.19. The Balaban J connectivity index is 2.08. The Labute approximate surface area is 122 Å². The molecule has 1 aromatic carbocycles. The van der Waals surface area contributed by atoms with E-state index in [1.165, 1.54) is 6.07 Å². The molecule has 0 radical (unpaired) electrons. The third-order valence-corrected chi connectivity index (χ3v) is 3.96. The Morgan fingerprint density at radius 2 is 2.10 bits per heavy atom. The second-order valence-electron chi connectivity index (χ2n) is 4.90. The van der Waals surface area contributed by atoms with Gasteiger partial charge in [-0.15, -0.1) is 0 Å². The van der Waals surface area contributed by atoms with Crippen LogP contribution in [0.3, 0.4) is 0 Å². The van der Waals surface area contributed by atoms with Crippen molar-refractivity contribution >= 4 is 21.8 Å². The molecule has 1 atom stereocenters. The van der Waals surface area contributed by atoms with Crippen molar-refractivity contribution in [3.63, 3.8) is 0 Å². The zero-order valence-corrected chi connectivity index (χ0v) is 12.1. The predicted molar refractivity (Wildman–Crippen MR) is 72.2 cm³/mol. The Bertz CT molecular complexity index is 515. The van der Waals surface area contributed by atoms with E-state index in [4.69, 9.17) is 5.73 Å². The monoisotopic (exact) mass is 350 g/mol. The summed E-state index contributed by atoms with van der Waals surface area (Å²) < 4.78 is 38.2. The molecule has 1 amide bonds. The standard InChI is InChI=1S/C13H14BrF3N2O/c14-10-4-3-8(13(15,16)17)5-9(10)12(20)19-6-11(18)7-1-2-7/h3-5,7,11H,1-2,6,18H2,(H,19,20). The molecule has 0 spiro atoms. The largest absolute Gasteiger partial charge is 0.416 e. The van der Waals surface area contributed by atoms with Crippen molar-refractivity contribution in [3.05, 3.63) is 33.8 Å². The van der Waals surface area contributed by atoms with E-state index < -0.39 is 17.6 Å². The van der Waals surface area contributed by atoms with Crippen LogP contribution in [-0.2, 0) is 6.18 Å². The molecule has 3 nitrogen and oxygen atoms in total. The maximum Gasteiger partial charge on any atom is 0.416 e. The number of amides is 1. The SMILES string of the molecule is NC(CNC(=O)c1cc(C(F)(F)F)ccc1Br)C1CC1. The maximum atomic E-state index is 12.6. The van der Waals surface area contributed by atoms with Gasteiger partial charge < -0.3 is 11.1 Å². The molecule has 0 heterocycles. The van der Waals surface area contributed by atoms with Crippen molar-refractivity contribution in [1.82, 2.24) is 5.32 Å². The Morgan fingerprint density at radius 3 is 2.65 bits per heavy atom. The molecule has 110 valence electrons. The van der Waals surface area contributed by atoms with E-state index in [0.717, 1.165) is 25.0 Å². The molecule has 20 heavy (non-hydrogen) atoms. The second kappa shape index (κ2) is 5.73. The fraction of sp³-hybridized carbons (Fsp3) is 0.462. The number of benzene rings is 1. The number of rotatable bonds is 4. The van der Waals surface area contributed by atoms with Crippen molar-refractivity contribution < 1.29 is 18.0 Å². The van der Waals surface area contributed by atoms with Crippen molar-refractivity contribution in [2.75, 3.05) is 6.54 Å². The summed E-state index contributed by atoms with van der Waals surface area (Å²) in [4.78, 5) is 11.9. The third-order valence-electron chi connectivity index (χ3n) is 3.26. The minimum Gasteiger partial charge on any atom is -0.350 e. The van der Waals surface area contributed by atoms with Crippen LogP contribution in [0.5, 0.6) is 0 Å². The fourth-order valence-electron chi connectivity index (χ4n) is 1.87. The van der Waals surface area contributed by atoms with Gasteiger partial charge in [0.25, 0.3) is 5.91 Å². The lowest BCUT2D eigenvalue weighted by Gasteiger charge is -2.13. The van der Waals surface area contributed by atoms with Crippen molar-refractivity contribution in [2.24, 2.45) is 11.7 Å². The van der Waals surface area contributed by atoms with E-state index in [2.05, 4.69) is 21.2 Å². The van der Waals surface area contributed by atoms with Gasteiger partial charge in [-0.2, -0.15) is 13.2 Å². The van der Waals surface area contributed by atoms with Gasteiger partial charge in [0, 0.05) is 17.1 Å². The summed E-state index contributed by atoms with van der Waals surface area (Å²) in [5.74, 6) is -0.140. The third kappa shape index (κ3) is 3.73. The smallest absolute Gasteiger partial charge is 0.350 e. The summed E-state index contributed by atoms with van der Waals surface area (Å²) >= 11 is 3.09. The van der Waals surface area contributed by atoms with Crippen LogP contribution in [0.25, 0.3) is 0 Å². The summed E-state index contributed by atoms with van der Waals surface area (Å²) in [5.41, 5.74) is 4.95. The van der Waals surface area contributed by atoms with Gasteiger partial charge in [-0.05, 0) is 52.9 Å². The van der Waals surface area contributed by atoms with Crippen molar-refractivity contribution in [2.45, 2.75) is 25.1 Å². The van der Waals surface area contributed by atoms with Crippen LogP contribution in [0.1, 0.15) is 28.8 Å². The predicted octanol–water partition coefficient (Wildman–Crippen LogP) is 2.94. The van der Waals surface area contributed by atoms with E-state index in [1.807, 2.05) is 0 Å². The number of nitrogens with two attached hydrogens (primary N) is 1. The summed E-state index contributed by atoms with van der Waals surface area (Å²) in [6.07, 6.45) is -2.38. The highest BCUT2D eigenvalue weighted by molar-refractivity contribution is 9.10. The Morgan fingerprint density at radius 1 is 1.45 bits per heavy atom. The van der Waals surface area contributed by atoms with Crippen LogP contribution in [0.15, 0.2) is 22.7 Å². The number of carbonyl (C=O) groups is 1. The first-order chi connectivity index (χ1) is 9.29. The molecule has 1 aliphatic carbocycles. The number of hydrogen-bond donors (Lipinski definition) is 2. The molecule has 1 aromatic rings. The van der Waals surface area contributed by atoms with E-state index in [1.54, 1.807) is 0 Å². The number of carbonyl (C=O) groups excluding carboxylic acids is 1. The average Bonchev–Trinajstić information content (AvgIpc) is 3.18.